The van der Waals surface area contributed by atoms with Crippen molar-refractivity contribution in [1.29, 1.82) is 0 Å². The van der Waals surface area contributed by atoms with Crippen LogP contribution in [0.25, 0.3) is 0 Å². The van der Waals surface area contributed by atoms with Crippen molar-refractivity contribution in [3.63, 3.8) is 0 Å². The molecule has 3 rings (SSSR count). The number of benzene rings is 1. The lowest BCUT2D eigenvalue weighted by Crippen LogP contribution is -2.25. The van der Waals surface area contributed by atoms with E-state index in [1.54, 1.807) is 12.1 Å². The van der Waals surface area contributed by atoms with Gasteiger partial charge in [-0.15, -0.1) is 0 Å². The van der Waals surface area contributed by atoms with Crippen LogP contribution in [0.15, 0.2) is 53.3 Å². The van der Waals surface area contributed by atoms with Gasteiger partial charge in [-0.3, -0.25) is 14.6 Å². The average molecular weight is 383 g/mol. The van der Waals surface area contributed by atoms with Gasteiger partial charge in [-0.1, -0.05) is 56.3 Å². The fraction of sp³-hybridized carbons (Fsp3) is 0.318. The van der Waals surface area contributed by atoms with E-state index in [4.69, 9.17) is 11.6 Å². The van der Waals surface area contributed by atoms with Gasteiger partial charge in [0.15, 0.2) is 0 Å². The van der Waals surface area contributed by atoms with Gasteiger partial charge < -0.3 is 5.32 Å². The molecule has 0 radical (unpaired) electrons. The van der Waals surface area contributed by atoms with E-state index in [1.807, 2.05) is 24.3 Å². The quantitative estimate of drug-likeness (QED) is 0.609. The summed E-state index contributed by atoms with van der Waals surface area (Å²) in [5.74, 6) is -0.749. The van der Waals surface area contributed by atoms with Gasteiger partial charge in [0.2, 0.25) is 11.6 Å². The van der Waals surface area contributed by atoms with E-state index in [2.05, 4.69) is 17.2 Å². The van der Waals surface area contributed by atoms with Crippen LogP contribution in [0.4, 0.5) is 5.69 Å². The molecule has 0 aliphatic heterocycles. The number of anilines is 1. The van der Waals surface area contributed by atoms with E-state index in [1.165, 1.54) is 43.9 Å². The molecule has 0 spiro atoms. The Hall–Kier alpha value is -2.46. The third-order valence-corrected chi connectivity index (χ3v) is 5.07. The van der Waals surface area contributed by atoms with E-state index in [0.717, 1.165) is 12.1 Å². The normalized spacial score (nSPS) is 13.7. The highest BCUT2D eigenvalue weighted by Gasteiger charge is 2.32. The summed E-state index contributed by atoms with van der Waals surface area (Å²) >= 11 is 6.17. The Labute approximate surface area is 164 Å². The molecule has 0 unspecified atom stereocenters. The van der Waals surface area contributed by atoms with Crippen LogP contribution < -0.4 is 5.32 Å². The highest BCUT2D eigenvalue weighted by molar-refractivity contribution is 6.50. The zero-order valence-electron chi connectivity index (χ0n) is 15.4. The van der Waals surface area contributed by atoms with Crippen LogP contribution in [-0.4, -0.2) is 16.6 Å². The Kier molecular flexibility index (Phi) is 6.40. The number of aryl methyl sites for hydroxylation is 1. The second-order valence-corrected chi connectivity index (χ2v) is 7.11. The van der Waals surface area contributed by atoms with Gasteiger partial charge in [0, 0.05) is 11.9 Å². The van der Waals surface area contributed by atoms with Crippen LogP contribution in [0.3, 0.4) is 0 Å². The highest BCUT2D eigenvalue weighted by atomic mass is 35.5. The molecule has 1 heterocycles. The van der Waals surface area contributed by atoms with Gasteiger partial charge in [0.25, 0.3) is 0 Å². The topological polar surface area (TPSA) is 59.1 Å². The number of allylic oxidation sites excluding steroid dienone is 2. The largest absolute Gasteiger partial charge is 0.351 e. The highest BCUT2D eigenvalue weighted by Crippen LogP contribution is 2.28. The predicted molar refractivity (Wildman–Crippen MR) is 108 cm³/mol. The van der Waals surface area contributed by atoms with Crippen LogP contribution in [-0.2, 0) is 6.42 Å². The molecule has 4 nitrogen and oxygen atoms in total. The summed E-state index contributed by atoms with van der Waals surface area (Å²) in [6.45, 7) is 2.21. The van der Waals surface area contributed by atoms with Crippen LogP contribution in [0.1, 0.15) is 65.4 Å². The van der Waals surface area contributed by atoms with Crippen molar-refractivity contribution in [3.8, 4) is 0 Å². The molecule has 0 atom stereocenters. The Bertz CT molecular complexity index is 872. The molecule has 140 valence electrons. The molecule has 0 bridgehead atoms. The summed E-state index contributed by atoms with van der Waals surface area (Å²) in [6, 6.07) is 11.1. The number of fused-ring (bicyclic) bond motifs is 1. The van der Waals surface area contributed by atoms with Gasteiger partial charge >= 0.3 is 0 Å². The molecular weight excluding hydrogens is 360 g/mol. The molecule has 1 aliphatic carbocycles. The first-order valence-electron chi connectivity index (χ1n) is 9.42. The summed E-state index contributed by atoms with van der Waals surface area (Å²) in [6.07, 6.45) is 8.80. The first-order chi connectivity index (χ1) is 13.1. The Balaban J connectivity index is 1.67. The maximum Gasteiger partial charge on any atom is 0.229 e. The summed E-state index contributed by atoms with van der Waals surface area (Å²) < 4.78 is 0. The van der Waals surface area contributed by atoms with Crippen molar-refractivity contribution in [2.24, 2.45) is 0 Å². The summed E-state index contributed by atoms with van der Waals surface area (Å²) in [5, 5.41) is 2.90. The van der Waals surface area contributed by atoms with E-state index >= 15 is 0 Å². The smallest absolute Gasteiger partial charge is 0.229 e. The number of halogens is 1. The summed E-state index contributed by atoms with van der Waals surface area (Å²) in [5.41, 5.74) is 2.45. The van der Waals surface area contributed by atoms with Crippen molar-refractivity contribution >= 4 is 28.9 Å². The van der Waals surface area contributed by atoms with Gasteiger partial charge in [0.1, 0.15) is 16.4 Å². The summed E-state index contributed by atoms with van der Waals surface area (Å²) in [4.78, 5) is 29.1. The second-order valence-electron chi connectivity index (χ2n) is 6.73. The fourth-order valence-corrected chi connectivity index (χ4v) is 3.40. The number of unbranched alkanes of at least 4 members (excludes halogenated alkanes) is 4. The number of Topliss-reactive ketones (excluding diaryl/α,β-unsaturated/α-hetero) is 2. The third kappa shape index (κ3) is 4.45. The molecule has 1 N–H and O–H groups in total. The number of rotatable bonds is 8. The maximum absolute atomic E-state index is 12.7. The number of ketones is 2. The van der Waals surface area contributed by atoms with E-state index in [9.17, 15) is 9.59 Å². The standard InChI is InChI=1S/C22H23ClN2O2/c1-2-3-4-5-6-8-15-10-12-16(13-11-15)25-20-18(23)21(26)17-9-7-14-24-19(17)22(20)27/h7,9-14,25H,2-6,8H2,1H3. The minimum Gasteiger partial charge on any atom is -0.351 e. The van der Waals surface area contributed by atoms with Crippen molar-refractivity contribution < 1.29 is 9.59 Å². The van der Waals surface area contributed by atoms with Crippen molar-refractivity contribution in [3.05, 3.63) is 70.1 Å². The lowest BCUT2D eigenvalue weighted by atomic mass is 9.97. The molecule has 1 aromatic carbocycles. The van der Waals surface area contributed by atoms with E-state index in [-0.39, 0.29) is 33.6 Å². The van der Waals surface area contributed by atoms with Crippen molar-refractivity contribution in [1.82, 2.24) is 4.98 Å². The SMILES string of the molecule is CCCCCCCc1ccc(NC2=C(Cl)C(=O)c3cccnc3C2=O)cc1. The van der Waals surface area contributed by atoms with E-state index < -0.39 is 0 Å². The maximum atomic E-state index is 12.7. The molecule has 0 saturated carbocycles. The molecule has 1 aromatic heterocycles. The van der Waals surface area contributed by atoms with Crippen molar-refractivity contribution in [2.45, 2.75) is 45.4 Å². The van der Waals surface area contributed by atoms with Crippen LogP contribution in [0, 0.1) is 0 Å². The van der Waals surface area contributed by atoms with E-state index in [0.29, 0.717) is 0 Å². The van der Waals surface area contributed by atoms with Gasteiger partial charge in [-0.05, 0) is 42.7 Å². The van der Waals surface area contributed by atoms with Crippen LogP contribution in [0.2, 0.25) is 0 Å². The lowest BCUT2D eigenvalue weighted by molar-refractivity contribution is 0.0978. The van der Waals surface area contributed by atoms with Crippen molar-refractivity contribution in [2.75, 3.05) is 5.32 Å². The molecule has 5 heteroatoms. The number of pyridine rings is 1. The molecule has 2 aromatic rings. The monoisotopic (exact) mass is 382 g/mol. The number of nitrogens with one attached hydrogen (secondary N) is 1. The number of hydrogen-bond acceptors (Lipinski definition) is 4. The number of nitrogens with zero attached hydrogens (tertiary/aromatic N) is 1. The zero-order valence-corrected chi connectivity index (χ0v) is 16.2. The van der Waals surface area contributed by atoms with Gasteiger partial charge in [0.05, 0.1) is 5.56 Å². The Morgan fingerprint density at radius 3 is 2.44 bits per heavy atom. The van der Waals surface area contributed by atoms with Gasteiger partial charge in [-0.25, -0.2) is 0 Å². The zero-order chi connectivity index (χ0) is 19.2. The average Bonchev–Trinajstić information content (AvgIpc) is 2.70. The first kappa shape index (κ1) is 19.3. The molecule has 0 saturated heterocycles. The van der Waals surface area contributed by atoms with Crippen LogP contribution >= 0.6 is 11.6 Å². The fourth-order valence-electron chi connectivity index (χ4n) is 3.16. The minimum absolute atomic E-state index is 0.0835. The summed E-state index contributed by atoms with van der Waals surface area (Å²) in [7, 11) is 0. The number of carbonyl (C=O) groups is 2. The minimum atomic E-state index is -0.384. The molecule has 1 aliphatic rings. The Morgan fingerprint density at radius 2 is 1.70 bits per heavy atom. The number of carbonyl (C=O) groups excluding carboxylic acids is 2. The molecule has 0 fully saturated rings. The van der Waals surface area contributed by atoms with Crippen LogP contribution in [0.5, 0.6) is 0 Å². The Morgan fingerprint density at radius 1 is 0.963 bits per heavy atom. The number of hydrogen-bond donors (Lipinski definition) is 1. The second kappa shape index (κ2) is 8.96. The lowest BCUT2D eigenvalue weighted by Gasteiger charge is -2.18. The third-order valence-electron chi connectivity index (χ3n) is 4.71. The van der Waals surface area contributed by atoms with Gasteiger partial charge in [-0.2, -0.15) is 0 Å². The molecule has 0 amide bonds. The predicted octanol–water partition coefficient (Wildman–Crippen LogP) is 5.54. The number of aromatic nitrogens is 1. The molecular formula is C22H23ClN2O2. The first-order valence-corrected chi connectivity index (χ1v) is 9.79. The molecule has 27 heavy (non-hydrogen) atoms.